The second-order valence-corrected chi connectivity index (χ2v) is 4.45. The van der Waals surface area contributed by atoms with Crippen LogP contribution in [-0.2, 0) is 6.18 Å². The Kier molecular flexibility index (Phi) is 3.04. The molecule has 2 N–H and O–H groups in total. The van der Waals surface area contributed by atoms with Gasteiger partial charge in [0, 0.05) is 24.2 Å². The van der Waals surface area contributed by atoms with E-state index in [9.17, 15) is 13.2 Å². The Morgan fingerprint density at radius 1 is 1.14 bits per heavy atom. The highest BCUT2D eigenvalue weighted by molar-refractivity contribution is 5.93. The van der Waals surface area contributed by atoms with Crippen molar-refractivity contribution in [1.82, 2.24) is 15.0 Å². The summed E-state index contributed by atoms with van der Waals surface area (Å²) in [4.78, 5) is 11.0. The van der Waals surface area contributed by atoms with Crippen LogP contribution >= 0.6 is 0 Å². The number of nitrogens with one attached hydrogen (secondary N) is 2. The van der Waals surface area contributed by atoms with E-state index in [-0.39, 0.29) is 5.69 Å². The summed E-state index contributed by atoms with van der Waals surface area (Å²) in [6.07, 6.45) is -2.78. The van der Waals surface area contributed by atoms with Crippen molar-refractivity contribution in [2.75, 3.05) is 12.4 Å². The van der Waals surface area contributed by atoms with Crippen LogP contribution in [0.15, 0.2) is 36.5 Å². The van der Waals surface area contributed by atoms with Crippen molar-refractivity contribution < 1.29 is 13.2 Å². The van der Waals surface area contributed by atoms with Gasteiger partial charge in [-0.2, -0.15) is 13.2 Å². The Morgan fingerprint density at radius 2 is 1.95 bits per heavy atom. The lowest BCUT2D eigenvalue weighted by Crippen LogP contribution is -2.08. The third-order valence-electron chi connectivity index (χ3n) is 3.10. The van der Waals surface area contributed by atoms with Gasteiger partial charge in [0.1, 0.15) is 17.2 Å². The lowest BCUT2D eigenvalue weighted by Gasteiger charge is -2.09. The van der Waals surface area contributed by atoms with E-state index >= 15 is 0 Å². The standard InChI is InChI=1S/C14H11F3N4/c1-18-12-7-9(8-5-6-19-13(8)21-12)10-3-2-4-11(20-10)14(15,16)17/h2-7H,1H3,(H2,18,19,21). The lowest BCUT2D eigenvalue weighted by atomic mass is 10.1. The predicted molar refractivity (Wildman–Crippen MR) is 73.9 cm³/mol. The zero-order valence-electron chi connectivity index (χ0n) is 11.0. The highest BCUT2D eigenvalue weighted by Gasteiger charge is 2.32. The molecule has 3 aromatic rings. The maximum atomic E-state index is 12.8. The number of halogens is 3. The SMILES string of the molecule is CNc1cc(-c2cccc(C(F)(F)F)n2)c2cc[nH]c2n1. The van der Waals surface area contributed by atoms with Crippen molar-refractivity contribution in [2.45, 2.75) is 6.18 Å². The summed E-state index contributed by atoms with van der Waals surface area (Å²) in [7, 11) is 1.69. The number of nitrogens with zero attached hydrogens (tertiary/aromatic N) is 2. The van der Waals surface area contributed by atoms with Crippen molar-refractivity contribution >= 4 is 16.9 Å². The summed E-state index contributed by atoms with van der Waals surface area (Å²) in [6, 6.07) is 7.30. The second kappa shape index (κ2) is 4.76. The van der Waals surface area contributed by atoms with Crippen molar-refractivity contribution in [1.29, 1.82) is 0 Å². The van der Waals surface area contributed by atoms with Gasteiger partial charge in [-0.3, -0.25) is 0 Å². The van der Waals surface area contributed by atoms with E-state index in [1.165, 1.54) is 6.07 Å². The van der Waals surface area contributed by atoms with E-state index in [0.29, 0.717) is 17.0 Å². The topological polar surface area (TPSA) is 53.6 Å². The van der Waals surface area contributed by atoms with Gasteiger partial charge in [-0.05, 0) is 24.3 Å². The smallest absolute Gasteiger partial charge is 0.373 e. The number of aromatic amines is 1. The highest BCUT2D eigenvalue weighted by Crippen LogP contribution is 2.32. The van der Waals surface area contributed by atoms with E-state index in [1.54, 1.807) is 31.4 Å². The van der Waals surface area contributed by atoms with Gasteiger partial charge in [0.2, 0.25) is 0 Å². The Hall–Kier alpha value is -2.57. The van der Waals surface area contributed by atoms with Crippen LogP contribution < -0.4 is 5.32 Å². The molecule has 108 valence electrons. The molecule has 0 aliphatic rings. The third-order valence-corrected chi connectivity index (χ3v) is 3.10. The quantitative estimate of drug-likeness (QED) is 0.757. The van der Waals surface area contributed by atoms with E-state index in [2.05, 4.69) is 20.3 Å². The van der Waals surface area contributed by atoms with Crippen LogP contribution in [0.5, 0.6) is 0 Å². The fourth-order valence-electron chi connectivity index (χ4n) is 2.12. The van der Waals surface area contributed by atoms with Gasteiger partial charge < -0.3 is 10.3 Å². The fourth-order valence-corrected chi connectivity index (χ4v) is 2.12. The number of pyridine rings is 2. The number of rotatable bonds is 2. The van der Waals surface area contributed by atoms with Crippen LogP contribution in [0.3, 0.4) is 0 Å². The maximum absolute atomic E-state index is 12.8. The molecule has 0 radical (unpaired) electrons. The summed E-state index contributed by atoms with van der Waals surface area (Å²) in [6.45, 7) is 0. The molecule has 0 aliphatic carbocycles. The molecule has 7 heteroatoms. The van der Waals surface area contributed by atoms with Gasteiger partial charge in [-0.25, -0.2) is 9.97 Å². The minimum Gasteiger partial charge on any atom is -0.373 e. The molecule has 0 atom stereocenters. The molecule has 0 aromatic carbocycles. The first kappa shape index (κ1) is 13.4. The first-order valence-corrected chi connectivity index (χ1v) is 6.19. The highest BCUT2D eigenvalue weighted by atomic mass is 19.4. The maximum Gasteiger partial charge on any atom is 0.433 e. The van der Waals surface area contributed by atoms with Crippen molar-refractivity contribution in [3.63, 3.8) is 0 Å². The molecule has 0 saturated heterocycles. The third kappa shape index (κ3) is 2.42. The molecule has 21 heavy (non-hydrogen) atoms. The van der Waals surface area contributed by atoms with Crippen LogP contribution in [0.1, 0.15) is 5.69 Å². The predicted octanol–water partition coefficient (Wildman–Crippen LogP) is 3.69. The Balaban J connectivity index is 2.22. The number of aromatic nitrogens is 3. The summed E-state index contributed by atoms with van der Waals surface area (Å²) < 4.78 is 38.4. The number of hydrogen-bond acceptors (Lipinski definition) is 3. The molecular formula is C14H11F3N4. The molecule has 0 spiro atoms. The summed E-state index contributed by atoms with van der Waals surface area (Å²) in [5.41, 5.74) is 0.535. The minimum absolute atomic E-state index is 0.258. The van der Waals surface area contributed by atoms with E-state index < -0.39 is 11.9 Å². The van der Waals surface area contributed by atoms with Gasteiger partial charge in [0.05, 0.1) is 5.69 Å². The van der Waals surface area contributed by atoms with E-state index in [1.807, 2.05) is 0 Å². The normalized spacial score (nSPS) is 11.8. The van der Waals surface area contributed by atoms with Gasteiger partial charge in [0.15, 0.2) is 0 Å². The van der Waals surface area contributed by atoms with Gasteiger partial charge in [-0.15, -0.1) is 0 Å². The summed E-state index contributed by atoms with van der Waals surface area (Å²) in [5.74, 6) is 0.555. The Bertz CT molecular complexity index is 792. The molecule has 3 aromatic heterocycles. The molecule has 3 rings (SSSR count). The van der Waals surface area contributed by atoms with Gasteiger partial charge >= 0.3 is 6.18 Å². The van der Waals surface area contributed by atoms with Crippen LogP contribution in [-0.4, -0.2) is 22.0 Å². The van der Waals surface area contributed by atoms with Gasteiger partial charge in [-0.1, -0.05) is 6.07 Å². The molecule has 0 fully saturated rings. The fraction of sp³-hybridized carbons (Fsp3) is 0.143. The van der Waals surface area contributed by atoms with Crippen molar-refractivity contribution in [3.05, 3.63) is 42.2 Å². The summed E-state index contributed by atoms with van der Waals surface area (Å²) >= 11 is 0. The molecular weight excluding hydrogens is 281 g/mol. The van der Waals surface area contributed by atoms with Crippen LogP contribution in [0.4, 0.5) is 19.0 Å². The van der Waals surface area contributed by atoms with Crippen molar-refractivity contribution in [2.24, 2.45) is 0 Å². The molecule has 0 bridgehead atoms. The molecule has 0 amide bonds. The minimum atomic E-state index is -4.47. The average Bonchev–Trinajstić information content (AvgIpc) is 2.93. The zero-order valence-corrected chi connectivity index (χ0v) is 11.0. The molecule has 0 aliphatic heterocycles. The largest absolute Gasteiger partial charge is 0.433 e. The number of anilines is 1. The first-order chi connectivity index (χ1) is 9.99. The van der Waals surface area contributed by atoms with Crippen LogP contribution in [0, 0.1) is 0 Å². The monoisotopic (exact) mass is 292 g/mol. The van der Waals surface area contributed by atoms with Crippen molar-refractivity contribution in [3.8, 4) is 11.3 Å². The van der Waals surface area contributed by atoms with E-state index in [4.69, 9.17) is 0 Å². The molecule has 0 saturated carbocycles. The molecule has 0 unspecified atom stereocenters. The number of fused-ring (bicyclic) bond motifs is 1. The summed E-state index contributed by atoms with van der Waals surface area (Å²) in [5, 5.41) is 3.61. The lowest BCUT2D eigenvalue weighted by molar-refractivity contribution is -0.141. The molecule has 3 heterocycles. The average molecular weight is 292 g/mol. The van der Waals surface area contributed by atoms with Crippen LogP contribution in [0.2, 0.25) is 0 Å². The first-order valence-electron chi connectivity index (χ1n) is 6.19. The number of alkyl halides is 3. The van der Waals surface area contributed by atoms with Crippen LogP contribution in [0.25, 0.3) is 22.3 Å². The van der Waals surface area contributed by atoms with Gasteiger partial charge in [0.25, 0.3) is 0 Å². The number of H-pyrrole nitrogens is 1. The van der Waals surface area contributed by atoms with E-state index in [0.717, 1.165) is 11.5 Å². The zero-order chi connectivity index (χ0) is 15.0. The number of hydrogen-bond donors (Lipinski definition) is 2. The Labute approximate surface area is 118 Å². The second-order valence-electron chi connectivity index (χ2n) is 4.45. The Morgan fingerprint density at radius 3 is 2.67 bits per heavy atom. The molecule has 4 nitrogen and oxygen atoms in total.